The molecule has 2 aromatic carbocycles. The lowest BCUT2D eigenvalue weighted by atomic mass is 10.1. The van der Waals surface area contributed by atoms with Gasteiger partial charge >= 0.3 is 6.09 Å². The number of alkyl carbamates (subject to hydrolysis) is 1. The molecule has 2 rings (SSSR count). The zero-order chi connectivity index (χ0) is 25.7. The van der Waals surface area contributed by atoms with Crippen LogP contribution in [-0.2, 0) is 9.53 Å². The first-order chi connectivity index (χ1) is 16.7. The average Bonchev–Trinajstić information content (AvgIpc) is 2.83. The molecule has 35 heavy (non-hydrogen) atoms. The lowest BCUT2D eigenvalue weighted by molar-refractivity contribution is -0.124. The summed E-state index contributed by atoms with van der Waals surface area (Å²) in [6, 6.07) is 16.6. The predicted octanol–water partition coefficient (Wildman–Crippen LogP) is 2.98. The maximum Gasteiger partial charge on any atom is 0.407 e. The van der Waals surface area contributed by atoms with Crippen LogP contribution in [0.5, 0.6) is 0 Å². The molecule has 3 amide bonds. The first-order valence-corrected chi connectivity index (χ1v) is 11.6. The highest BCUT2D eigenvalue weighted by atomic mass is 16.6. The van der Waals surface area contributed by atoms with Crippen LogP contribution in [0.4, 0.5) is 4.79 Å². The van der Waals surface area contributed by atoms with Crippen molar-refractivity contribution in [3.05, 3.63) is 71.8 Å². The zero-order valence-corrected chi connectivity index (χ0v) is 20.4. The second-order valence-corrected chi connectivity index (χ2v) is 8.96. The molecule has 0 spiro atoms. The van der Waals surface area contributed by atoms with Crippen LogP contribution in [0.15, 0.2) is 60.7 Å². The molecule has 1 atom stereocenters. The second kappa shape index (κ2) is 13.9. The van der Waals surface area contributed by atoms with Crippen LogP contribution in [-0.4, -0.2) is 48.4 Å². The number of ketones is 1. The highest BCUT2D eigenvalue weighted by Crippen LogP contribution is 2.07. The second-order valence-electron chi connectivity index (χ2n) is 8.96. The van der Waals surface area contributed by atoms with Gasteiger partial charge in [-0.15, -0.1) is 0 Å². The number of hydrogen-bond acceptors (Lipinski definition) is 6. The number of unbranched alkanes of at least 4 members (excludes halogenated alkanes) is 1. The zero-order valence-electron chi connectivity index (χ0n) is 20.4. The van der Waals surface area contributed by atoms with E-state index in [4.69, 9.17) is 4.74 Å². The van der Waals surface area contributed by atoms with E-state index in [9.17, 15) is 19.2 Å². The van der Waals surface area contributed by atoms with Crippen molar-refractivity contribution in [1.29, 1.82) is 0 Å². The number of hydrogen-bond donors (Lipinski definition) is 4. The van der Waals surface area contributed by atoms with Crippen molar-refractivity contribution in [2.75, 3.05) is 13.1 Å². The molecule has 0 saturated heterocycles. The molecular weight excluding hydrogens is 448 g/mol. The van der Waals surface area contributed by atoms with E-state index in [1.54, 1.807) is 75.4 Å². The minimum absolute atomic E-state index is 0.0368. The molecule has 0 radical (unpaired) electrons. The van der Waals surface area contributed by atoms with Crippen LogP contribution in [0.25, 0.3) is 0 Å². The fraction of sp³-hybridized carbons (Fsp3) is 0.385. The highest BCUT2D eigenvalue weighted by Gasteiger charge is 2.20. The molecule has 0 unspecified atom stereocenters. The number of hydrazine groups is 1. The third-order valence-corrected chi connectivity index (χ3v) is 4.84. The van der Waals surface area contributed by atoms with Crippen LogP contribution >= 0.6 is 0 Å². The first-order valence-electron chi connectivity index (χ1n) is 11.6. The Bertz CT molecular complexity index is 974. The molecule has 9 nitrogen and oxygen atoms in total. The smallest absolute Gasteiger partial charge is 0.407 e. The van der Waals surface area contributed by atoms with Gasteiger partial charge in [-0.05, 0) is 52.2 Å². The Labute approximate surface area is 206 Å². The Hall–Kier alpha value is -3.72. The van der Waals surface area contributed by atoms with Crippen LogP contribution in [0.1, 0.15) is 60.7 Å². The number of rotatable bonds is 11. The summed E-state index contributed by atoms with van der Waals surface area (Å²) in [5, 5.41) is 5.67. The van der Waals surface area contributed by atoms with Gasteiger partial charge in [-0.1, -0.05) is 48.5 Å². The molecule has 2 aromatic rings. The van der Waals surface area contributed by atoms with Gasteiger partial charge in [-0.25, -0.2) is 4.79 Å². The molecule has 188 valence electrons. The molecule has 0 bridgehead atoms. The largest absolute Gasteiger partial charge is 0.444 e. The molecule has 0 aliphatic rings. The molecule has 0 aliphatic carbocycles. The highest BCUT2D eigenvalue weighted by molar-refractivity contribution is 5.98. The van der Waals surface area contributed by atoms with Gasteiger partial charge in [0.1, 0.15) is 5.60 Å². The Kier molecular flexibility index (Phi) is 10.9. The maximum absolute atomic E-state index is 12.8. The van der Waals surface area contributed by atoms with Crippen LogP contribution in [0.3, 0.4) is 0 Å². The molecule has 0 fully saturated rings. The number of carbonyl (C=O) groups is 4. The van der Waals surface area contributed by atoms with E-state index in [1.165, 1.54) is 0 Å². The van der Waals surface area contributed by atoms with Crippen molar-refractivity contribution < 1.29 is 23.9 Å². The van der Waals surface area contributed by atoms with Crippen molar-refractivity contribution in [2.45, 2.75) is 51.7 Å². The molecule has 0 aromatic heterocycles. The van der Waals surface area contributed by atoms with Crippen molar-refractivity contribution >= 4 is 23.7 Å². The summed E-state index contributed by atoms with van der Waals surface area (Å²) in [4.78, 5) is 49.2. The van der Waals surface area contributed by atoms with E-state index in [0.29, 0.717) is 36.9 Å². The Morgan fingerprint density at radius 1 is 0.829 bits per heavy atom. The van der Waals surface area contributed by atoms with Crippen molar-refractivity contribution in [3.63, 3.8) is 0 Å². The quantitative estimate of drug-likeness (QED) is 0.222. The van der Waals surface area contributed by atoms with Crippen molar-refractivity contribution in [2.24, 2.45) is 0 Å². The van der Waals surface area contributed by atoms with E-state index in [2.05, 4.69) is 21.5 Å². The van der Waals surface area contributed by atoms with Gasteiger partial charge in [-0.2, -0.15) is 0 Å². The number of Topliss-reactive ketones (excluding diaryl/α,β-unsaturated/α-hetero) is 1. The third kappa shape index (κ3) is 10.8. The molecule has 0 heterocycles. The van der Waals surface area contributed by atoms with Gasteiger partial charge in [0.05, 0.1) is 12.6 Å². The number of nitrogens with one attached hydrogen (secondary N) is 4. The van der Waals surface area contributed by atoms with Crippen LogP contribution < -0.4 is 21.5 Å². The summed E-state index contributed by atoms with van der Waals surface area (Å²) in [5.41, 5.74) is 5.20. The predicted molar refractivity (Wildman–Crippen MR) is 133 cm³/mol. The van der Waals surface area contributed by atoms with Gasteiger partial charge in [-0.3, -0.25) is 30.6 Å². The molecule has 4 N–H and O–H groups in total. The average molecular weight is 483 g/mol. The monoisotopic (exact) mass is 482 g/mol. The van der Waals surface area contributed by atoms with Gasteiger partial charge in [0, 0.05) is 17.7 Å². The van der Waals surface area contributed by atoms with E-state index < -0.39 is 29.6 Å². The van der Waals surface area contributed by atoms with E-state index >= 15 is 0 Å². The fourth-order valence-electron chi connectivity index (χ4n) is 3.11. The topological polar surface area (TPSA) is 126 Å². The van der Waals surface area contributed by atoms with Gasteiger partial charge in [0.2, 0.25) is 0 Å². The maximum atomic E-state index is 12.8. The summed E-state index contributed by atoms with van der Waals surface area (Å²) in [6.07, 6.45) is 1.09. The van der Waals surface area contributed by atoms with Crippen molar-refractivity contribution in [3.8, 4) is 0 Å². The van der Waals surface area contributed by atoms with Crippen LogP contribution in [0, 0.1) is 0 Å². The summed E-state index contributed by atoms with van der Waals surface area (Å²) in [6.45, 7) is 5.71. The van der Waals surface area contributed by atoms with Gasteiger partial charge in [0.25, 0.3) is 11.8 Å². The Morgan fingerprint density at radius 3 is 2.03 bits per heavy atom. The number of benzene rings is 2. The molecule has 9 heteroatoms. The summed E-state index contributed by atoms with van der Waals surface area (Å²) in [7, 11) is 0. The van der Waals surface area contributed by atoms with Gasteiger partial charge < -0.3 is 10.1 Å². The lowest BCUT2D eigenvalue weighted by Gasteiger charge is -2.20. The van der Waals surface area contributed by atoms with Crippen LogP contribution in [0.2, 0.25) is 0 Å². The fourth-order valence-corrected chi connectivity index (χ4v) is 3.11. The van der Waals surface area contributed by atoms with E-state index in [-0.39, 0.29) is 12.3 Å². The standard InChI is InChI=1S/C26H34N4O5/c1-26(2,3)35-25(34)27-17-11-10-16-21(28-18-22(31)19-12-6-4-7-13-19)24(33)30-29-23(32)20-14-8-5-9-15-20/h4-9,12-15,21,28H,10-11,16-18H2,1-3H3,(H,27,34)(H,29,32)(H,30,33)/t21-/m0/s1. The normalized spacial score (nSPS) is 11.7. The summed E-state index contributed by atoms with van der Waals surface area (Å²) >= 11 is 0. The molecular formula is C26H34N4O5. The number of amides is 3. The number of ether oxygens (including phenoxy) is 1. The van der Waals surface area contributed by atoms with E-state index in [0.717, 1.165) is 0 Å². The molecule has 0 aliphatic heterocycles. The van der Waals surface area contributed by atoms with E-state index in [1.807, 2.05) is 6.07 Å². The van der Waals surface area contributed by atoms with Crippen molar-refractivity contribution in [1.82, 2.24) is 21.5 Å². The Balaban J connectivity index is 1.87. The van der Waals surface area contributed by atoms with Gasteiger partial charge in [0.15, 0.2) is 5.78 Å². The minimum Gasteiger partial charge on any atom is -0.444 e. The third-order valence-electron chi connectivity index (χ3n) is 4.84. The lowest BCUT2D eigenvalue weighted by Crippen LogP contribution is -2.51. The summed E-state index contributed by atoms with van der Waals surface area (Å²) < 4.78 is 5.20. The summed E-state index contributed by atoms with van der Waals surface area (Å²) in [5.74, 6) is -1.06. The molecule has 0 saturated carbocycles. The minimum atomic E-state index is -0.722. The first kappa shape index (κ1) is 27.5. The number of carbonyl (C=O) groups excluding carboxylic acids is 4. The Morgan fingerprint density at radius 2 is 1.43 bits per heavy atom. The SMILES string of the molecule is CC(C)(C)OC(=O)NCCCC[C@H](NCC(=O)c1ccccc1)C(=O)NNC(=O)c1ccccc1.